The van der Waals surface area contributed by atoms with E-state index in [9.17, 15) is 0 Å². The maximum Gasteiger partial charge on any atom is 0.222 e. The largest absolute Gasteiger partial charge is 0.354 e. The molecule has 0 fully saturated rings. The van der Waals surface area contributed by atoms with Crippen molar-refractivity contribution in [2.45, 2.75) is 19.8 Å². The predicted molar refractivity (Wildman–Crippen MR) is 67.8 cm³/mol. The normalized spacial score (nSPS) is 10.2. The Kier molecular flexibility index (Phi) is 4.02. The molecule has 2 aromatic heterocycles. The Balaban J connectivity index is 1.71. The standard InChI is InChI=1S/C13H16N4/c1-11-8-16-13(17-9-11)15-7-3-5-12-4-2-6-14-10-12/h2,4,6,8-10H,3,5,7H2,1H3,(H,15,16,17). The van der Waals surface area contributed by atoms with Crippen LogP contribution >= 0.6 is 0 Å². The third kappa shape index (κ3) is 3.83. The van der Waals surface area contributed by atoms with E-state index in [0.717, 1.165) is 24.9 Å². The number of aromatic nitrogens is 3. The van der Waals surface area contributed by atoms with Gasteiger partial charge in [-0.05, 0) is 37.0 Å². The molecule has 2 heterocycles. The Morgan fingerprint density at radius 2 is 2.00 bits per heavy atom. The molecule has 0 saturated heterocycles. The number of anilines is 1. The topological polar surface area (TPSA) is 50.7 Å². The molecular formula is C13H16N4. The number of hydrogen-bond donors (Lipinski definition) is 1. The fourth-order valence-electron chi connectivity index (χ4n) is 1.52. The zero-order valence-electron chi connectivity index (χ0n) is 9.93. The molecule has 0 amide bonds. The Labute approximate surface area is 101 Å². The molecule has 0 bridgehead atoms. The lowest BCUT2D eigenvalue weighted by atomic mass is 10.1. The van der Waals surface area contributed by atoms with Crippen LogP contribution in [-0.4, -0.2) is 21.5 Å². The molecule has 0 aliphatic heterocycles. The molecule has 88 valence electrons. The first-order valence-electron chi connectivity index (χ1n) is 5.76. The third-order valence-corrected chi connectivity index (χ3v) is 2.43. The predicted octanol–water partition coefficient (Wildman–Crippen LogP) is 2.22. The Morgan fingerprint density at radius 3 is 2.71 bits per heavy atom. The molecular weight excluding hydrogens is 212 g/mol. The summed E-state index contributed by atoms with van der Waals surface area (Å²) in [6.07, 6.45) is 9.40. The molecule has 17 heavy (non-hydrogen) atoms. The molecule has 0 aliphatic rings. The molecule has 0 spiro atoms. The quantitative estimate of drug-likeness (QED) is 0.797. The minimum atomic E-state index is 0.696. The van der Waals surface area contributed by atoms with Gasteiger partial charge in [-0.1, -0.05) is 6.07 Å². The Bertz CT molecular complexity index is 439. The summed E-state index contributed by atoms with van der Waals surface area (Å²) in [5, 5.41) is 3.20. The molecule has 2 aromatic rings. The molecule has 1 N–H and O–H groups in total. The zero-order chi connectivity index (χ0) is 11.9. The van der Waals surface area contributed by atoms with E-state index in [2.05, 4.69) is 26.3 Å². The summed E-state index contributed by atoms with van der Waals surface area (Å²) in [7, 11) is 0. The molecule has 4 nitrogen and oxygen atoms in total. The fraction of sp³-hybridized carbons (Fsp3) is 0.308. The third-order valence-electron chi connectivity index (χ3n) is 2.43. The van der Waals surface area contributed by atoms with Crippen molar-refractivity contribution in [1.29, 1.82) is 0 Å². The summed E-state index contributed by atoms with van der Waals surface area (Å²) in [4.78, 5) is 12.5. The van der Waals surface area contributed by atoms with Crippen LogP contribution < -0.4 is 5.32 Å². The van der Waals surface area contributed by atoms with Crippen LogP contribution in [0.5, 0.6) is 0 Å². The van der Waals surface area contributed by atoms with E-state index < -0.39 is 0 Å². The molecule has 0 atom stereocenters. The van der Waals surface area contributed by atoms with Gasteiger partial charge in [0, 0.05) is 31.3 Å². The second kappa shape index (κ2) is 5.94. The highest BCUT2D eigenvalue weighted by Crippen LogP contribution is 2.02. The lowest BCUT2D eigenvalue weighted by molar-refractivity contribution is 0.848. The van der Waals surface area contributed by atoms with E-state index in [4.69, 9.17) is 0 Å². The first-order valence-corrected chi connectivity index (χ1v) is 5.76. The van der Waals surface area contributed by atoms with Crippen LogP contribution in [-0.2, 0) is 6.42 Å². The highest BCUT2D eigenvalue weighted by Gasteiger charge is 1.95. The number of nitrogens with zero attached hydrogens (tertiary/aromatic N) is 3. The summed E-state index contributed by atoms with van der Waals surface area (Å²) in [6, 6.07) is 4.06. The van der Waals surface area contributed by atoms with Crippen molar-refractivity contribution in [2.24, 2.45) is 0 Å². The Morgan fingerprint density at radius 1 is 1.18 bits per heavy atom. The highest BCUT2D eigenvalue weighted by molar-refractivity contribution is 5.24. The minimum Gasteiger partial charge on any atom is -0.354 e. The maximum atomic E-state index is 4.19. The van der Waals surface area contributed by atoms with Gasteiger partial charge in [-0.25, -0.2) is 9.97 Å². The summed E-state index contributed by atoms with van der Waals surface area (Å²) in [5.41, 5.74) is 2.34. The SMILES string of the molecule is Cc1cnc(NCCCc2cccnc2)nc1. The first kappa shape index (κ1) is 11.5. The summed E-state index contributed by atoms with van der Waals surface area (Å²) < 4.78 is 0. The number of pyridine rings is 1. The van der Waals surface area contributed by atoms with Crippen LogP contribution in [0.3, 0.4) is 0 Å². The number of aryl methyl sites for hydroxylation is 2. The molecule has 2 rings (SSSR count). The van der Waals surface area contributed by atoms with Crippen LogP contribution in [0.4, 0.5) is 5.95 Å². The van der Waals surface area contributed by atoms with Crippen LogP contribution in [0.2, 0.25) is 0 Å². The molecule has 4 heteroatoms. The van der Waals surface area contributed by atoms with Crippen molar-refractivity contribution >= 4 is 5.95 Å². The second-order valence-electron chi connectivity index (χ2n) is 3.98. The molecule has 0 saturated carbocycles. The van der Waals surface area contributed by atoms with Crippen LogP contribution in [0, 0.1) is 6.92 Å². The van der Waals surface area contributed by atoms with Crippen LogP contribution in [0.1, 0.15) is 17.5 Å². The Hall–Kier alpha value is -1.97. The first-order chi connectivity index (χ1) is 8.34. The van der Waals surface area contributed by atoms with Gasteiger partial charge < -0.3 is 5.32 Å². The smallest absolute Gasteiger partial charge is 0.222 e. The van der Waals surface area contributed by atoms with E-state index in [1.807, 2.05) is 31.6 Å². The van der Waals surface area contributed by atoms with Gasteiger partial charge in [0.25, 0.3) is 0 Å². The molecule has 0 radical (unpaired) electrons. The van der Waals surface area contributed by atoms with Gasteiger partial charge in [-0.3, -0.25) is 4.98 Å². The molecule has 0 aromatic carbocycles. The van der Waals surface area contributed by atoms with Gasteiger partial charge in [-0.2, -0.15) is 0 Å². The van der Waals surface area contributed by atoms with Crippen molar-refractivity contribution in [3.63, 3.8) is 0 Å². The van der Waals surface area contributed by atoms with E-state index in [1.165, 1.54) is 5.56 Å². The number of nitrogens with one attached hydrogen (secondary N) is 1. The van der Waals surface area contributed by atoms with E-state index in [1.54, 1.807) is 6.20 Å². The maximum absolute atomic E-state index is 4.19. The van der Waals surface area contributed by atoms with Gasteiger partial charge in [0.1, 0.15) is 0 Å². The van der Waals surface area contributed by atoms with Crippen LogP contribution in [0.15, 0.2) is 36.9 Å². The van der Waals surface area contributed by atoms with Crippen molar-refractivity contribution in [2.75, 3.05) is 11.9 Å². The van der Waals surface area contributed by atoms with Crippen molar-refractivity contribution in [1.82, 2.24) is 15.0 Å². The highest BCUT2D eigenvalue weighted by atomic mass is 15.1. The number of hydrogen-bond acceptors (Lipinski definition) is 4. The fourth-order valence-corrected chi connectivity index (χ4v) is 1.52. The van der Waals surface area contributed by atoms with Crippen molar-refractivity contribution < 1.29 is 0 Å². The lowest BCUT2D eigenvalue weighted by Crippen LogP contribution is -2.06. The molecule has 0 unspecified atom stereocenters. The zero-order valence-corrected chi connectivity index (χ0v) is 9.93. The molecule has 0 aliphatic carbocycles. The second-order valence-corrected chi connectivity index (χ2v) is 3.98. The monoisotopic (exact) mass is 228 g/mol. The minimum absolute atomic E-state index is 0.696. The van der Waals surface area contributed by atoms with E-state index in [0.29, 0.717) is 5.95 Å². The van der Waals surface area contributed by atoms with Crippen molar-refractivity contribution in [3.05, 3.63) is 48.0 Å². The lowest BCUT2D eigenvalue weighted by Gasteiger charge is -2.04. The van der Waals surface area contributed by atoms with Gasteiger partial charge >= 0.3 is 0 Å². The average Bonchev–Trinajstić information content (AvgIpc) is 2.38. The summed E-state index contributed by atoms with van der Waals surface area (Å²) in [6.45, 7) is 2.85. The summed E-state index contributed by atoms with van der Waals surface area (Å²) in [5.74, 6) is 0.696. The van der Waals surface area contributed by atoms with Gasteiger partial charge in [0.15, 0.2) is 0 Å². The summed E-state index contributed by atoms with van der Waals surface area (Å²) >= 11 is 0. The van der Waals surface area contributed by atoms with E-state index >= 15 is 0 Å². The van der Waals surface area contributed by atoms with Gasteiger partial charge in [0.05, 0.1) is 0 Å². The van der Waals surface area contributed by atoms with Crippen LogP contribution in [0.25, 0.3) is 0 Å². The van der Waals surface area contributed by atoms with E-state index in [-0.39, 0.29) is 0 Å². The number of rotatable bonds is 5. The average molecular weight is 228 g/mol. The van der Waals surface area contributed by atoms with Gasteiger partial charge in [0.2, 0.25) is 5.95 Å². The van der Waals surface area contributed by atoms with Crippen molar-refractivity contribution in [3.8, 4) is 0 Å². The van der Waals surface area contributed by atoms with Gasteiger partial charge in [-0.15, -0.1) is 0 Å².